The minimum atomic E-state index is -4.27. The molecule has 5 nitrogen and oxygen atoms in total. The van der Waals surface area contributed by atoms with E-state index in [1.54, 1.807) is 16.9 Å². The molecular formula is C12H15NO4S. The summed E-state index contributed by atoms with van der Waals surface area (Å²) in [6, 6.07) is 7.70. The molecule has 0 aliphatic carbocycles. The van der Waals surface area contributed by atoms with Gasteiger partial charge < -0.3 is 4.55 Å². The van der Waals surface area contributed by atoms with Crippen LogP contribution in [0.4, 0.5) is 0 Å². The van der Waals surface area contributed by atoms with Gasteiger partial charge in [-0.15, -0.1) is 0 Å². The van der Waals surface area contributed by atoms with E-state index in [0.717, 1.165) is 11.3 Å². The zero-order chi connectivity index (χ0) is 13.8. The van der Waals surface area contributed by atoms with E-state index in [1.165, 1.54) is 12.1 Å². The predicted octanol–water partition coefficient (Wildman–Crippen LogP) is 1.31. The number of aromatic nitrogens is 1. The van der Waals surface area contributed by atoms with Gasteiger partial charge in [-0.05, 0) is 23.8 Å². The maximum Gasteiger partial charge on any atom is 0.219 e. The number of rotatable bonds is 1. The van der Waals surface area contributed by atoms with Crippen LogP contribution < -0.4 is 4.74 Å². The van der Waals surface area contributed by atoms with Crippen LogP contribution in [0.5, 0.6) is 0 Å². The van der Waals surface area contributed by atoms with Gasteiger partial charge in [-0.25, -0.2) is 12.9 Å². The van der Waals surface area contributed by atoms with Crippen molar-refractivity contribution in [1.29, 1.82) is 0 Å². The lowest BCUT2D eigenvalue weighted by Gasteiger charge is -2.05. The lowest BCUT2D eigenvalue weighted by molar-refractivity contribution is -0.846. The first kappa shape index (κ1) is 14.4. The molecule has 6 heteroatoms. The summed E-state index contributed by atoms with van der Waals surface area (Å²) in [4.78, 5) is -0.178. The molecule has 1 aromatic heterocycles. The van der Waals surface area contributed by atoms with E-state index < -0.39 is 10.1 Å². The fraction of sp³-hybridized carbons (Fsp3) is 0.250. The summed E-state index contributed by atoms with van der Waals surface area (Å²) in [5.41, 5.74) is 0.928. The van der Waals surface area contributed by atoms with Crippen molar-refractivity contribution >= 4 is 10.1 Å². The standard InChI is InChI=1S/C7H8O3S.C5H8NO/c1-6-2-4-7(5-3-6)11(8,9)10;1-5-3-4-6(2)7-5/h2-5H,1H3,(H,8,9,10);3-4H,1-2H3/q;+1/p-1. The van der Waals surface area contributed by atoms with Gasteiger partial charge in [-0.1, -0.05) is 17.7 Å². The molecule has 0 radical (unpaired) electrons. The van der Waals surface area contributed by atoms with Gasteiger partial charge in [0.05, 0.1) is 11.0 Å². The highest BCUT2D eigenvalue weighted by atomic mass is 32.2. The summed E-state index contributed by atoms with van der Waals surface area (Å²) >= 11 is 0. The van der Waals surface area contributed by atoms with E-state index >= 15 is 0 Å². The Morgan fingerprint density at radius 1 is 1.11 bits per heavy atom. The highest BCUT2D eigenvalue weighted by Gasteiger charge is 1.97. The maximum absolute atomic E-state index is 10.4. The number of aryl methyl sites for hydroxylation is 3. The van der Waals surface area contributed by atoms with Gasteiger partial charge in [-0.3, -0.25) is 0 Å². The maximum atomic E-state index is 10.4. The molecule has 0 amide bonds. The molecule has 0 atom stereocenters. The zero-order valence-corrected chi connectivity index (χ0v) is 11.3. The highest BCUT2D eigenvalue weighted by Crippen LogP contribution is 2.08. The fourth-order valence-electron chi connectivity index (χ4n) is 1.20. The molecule has 2 rings (SSSR count). The highest BCUT2D eigenvalue weighted by molar-refractivity contribution is 7.85. The van der Waals surface area contributed by atoms with Crippen molar-refractivity contribution in [2.24, 2.45) is 7.05 Å². The van der Waals surface area contributed by atoms with Crippen LogP contribution in [0.25, 0.3) is 0 Å². The molecule has 0 aliphatic heterocycles. The Morgan fingerprint density at radius 2 is 1.67 bits per heavy atom. The van der Waals surface area contributed by atoms with Crippen LogP contribution in [0.3, 0.4) is 0 Å². The topological polar surface area (TPSA) is 74.2 Å². The average Bonchev–Trinajstić information content (AvgIpc) is 2.62. The summed E-state index contributed by atoms with van der Waals surface area (Å²) in [6.07, 6.45) is 1.87. The molecule has 2 aromatic rings. The van der Waals surface area contributed by atoms with Crippen LogP contribution >= 0.6 is 0 Å². The second kappa shape index (κ2) is 5.79. The Labute approximate surface area is 106 Å². The number of benzene rings is 1. The molecular weight excluding hydrogens is 254 g/mol. The van der Waals surface area contributed by atoms with Crippen molar-refractivity contribution in [3.63, 3.8) is 0 Å². The summed E-state index contributed by atoms with van der Waals surface area (Å²) in [6.45, 7) is 3.74. The minimum Gasteiger partial charge on any atom is -0.744 e. The summed E-state index contributed by atoms with van der Waals surface area (Å²) in [5.74, 6) is 0.947. The van der Waals surface area contributed by atoms with Crippen molar-refractivity contribution in [1.82, 2.24) is 0 Å². The van der Waals surface area contributed by atoms with Crippen molar-refractivity contribution in [3.8, 4) is 0 Å². The molecule has 98 valence electrons. The van der Waals surface area contributed by atoms with Crippen LogP contribution in [-0.4, -0.2) is 13.0 Å². The zero-order valence-electron chi connectivity index (χ0n) is 10.5. The van der Waals surface area contributed by atoms with E-state index in [9.17, 15) is 13.0 Å². The molecule has 1 heterocycles. The molecule has 0 fully saturated rings. The van der Waals surface area contributed by atoms with Gasteiger partial charge in [0, 0.05) is 6.92 Å². The first-order chi connectivity index (χ1) is 8.29. The Morgan fingerprint density at radius 3 is 1.94 bits per heavy atom. The third kappa shape index (κ3) is 4.68. The van der Waals surface area contributed by atoms with Gasteiger partial charge in [0.25, 0.3) is 0 Å². The summed E-state index contributed by atoms with van der Waals surface area (Å²) in [7, 11) is -2.42. The normalized spacial score (nSPS) is 10.7. The minimum absolute atomic E-state index is 0.178. The Hall–Kier alpha value is -1.66. The molecule has 0 N–H and O–H groups in total. The Bertz CT molecular complexity index is 583. The first-order valence-corrected chi connectivity index (χ1v) is 6.65. The molecule has 1 aromatic carbocycles. The van der Waals surface area contributed by atoms with Crippen LogP contribution in [-0.2, 0) is 17.2 Å². The van der Waals surface area contributed by atoms with Gasteiger partial charge in [-0.2, -0.15) is 0 Å². The van der Waals surface area contributed by atoms with Gasteiger partial charge >= 0.3 is 0 Å². The van der Waals surface area contributed by atoms with Crippen LogP contribution in [0.2, 0.25) is 0 Å². The SMILES string of the molecule is Cc1cc[n+](C)o1.Cc1ccc(S(=O)(=O)[O-])cc1. The quantitative estimate of drug-likeness (QED) is 0.578. The molecule has 0 aliphatic rings. The Balaban J connectivity index is 0.000000199. The van der Waals surface area contributed by atoms with Gasteiger partial charge in [0.15, 0.2) is 12.8 Å². The third-order valence-corrected chi connectivity index (χ3v) is 2.97. The van der Waals surface area contributed by atoms with E-state index in [1.807, 2.05) is 33.2 Å². The van der Waals surface area contributed by atoms with E-state index in [2.05, 4.69) is 0 Å². The van der Waals surface area contributed by atoms with E-state index in [-0.39, 0.29) is 4.90 Å². The molecule has 0 bridgehead atoms. The van der Waals surface area contributed by atoms with Gasteiger partial charge in [0.1, 0.15) is 10.1 Å². The second-order valence-electron chi connectivity index (χ2n) is 3.83. The summed E-state index contributed by atoms with van der Waals surface area (Å²) in [5, 5.41) is 0. The van der Waals surface area contributed by atoms with Crippen LogP contribution in [0.15, 0.2) is 45.9 Å². The van der Waals surface area contributed by atoms with Crippen molar-refractivity contribution in [2.75, 3.05) is 0 Å². The van der Waals surface area contributed by atoms with Crippen LogP contribution in [0.1, 0.15) is 11.3 Å². The fourth-order valence-corrected chi connectivity index (χ4v) is 1.67. The smallest absolute Gasteiger partial charge is 0.219 e. The average molecular weight is 269 g/mol. The molecule has 0 spiro atoms. The molecule has 0 unspecified atom stereocenters. The van der Waals surface area contributed by atoms with E-state index in [0.29, 0.717) is 0 Å². The summed E-state index contributed by atoms with van der Waals surface area (Å²) < 4.78 is 37.8. The lowest BCUT2D eigenvalue weighted by atomic mass is 10.2. The monoisotopic (exact) mass is 269 g/mol. The molecule has 0 saturated heterocycles. The van der Waals surface area contributed by atoms with Crippen molar-refractivity contribution < 1.29 is 22.2 Å². The van der Waals surface area contributed by atoms with Crippen molar-refractivity contribution in [3.05, 3.63) is 47.9 Å². The second-order valence-corrected chi connectivity index (χ2v) is 5.21. The molecule has 0 saturated carbocycles. The largest absolute Gasteiger partial charge is 0.744 e. The molecule has 18 heavy (non-hydrogen) atoms. The third-order valence-electron chi connectivity index (χ3n) is 2.12. The van der Waals surface area contributed by atoms with Crippen molar-refractivity contribution in [2.45, 2.75) is 18.7 Å². The Kier molecular flexibility index (Phi) is 4.63. The first-order valence-electron chi connectivity index (χ1n) is 5.24. The van der Waals surface area contributed by atoms with Gasteiger partial charge in [0.2, 0.25) is 6.20 Å². The number of nitrogens with zero attached hydrogens (tertiary/aromatic N) is 1. The van der Waals surface area contributed by atoms with Crippen LogP contribution in [0, 0.1) is 13.8 Å². The predicted molar refractivity (Wildman–Crippen MR) is 63.8 cm³/mol. The lowest BCUT2D eigenvalue weighted by Crippen LogP contribution is -2.22. The number of hydrogen-bond acceptors (Lipinski definition) is 4. The van der Waals surface area contributed by atoms with E-state index in [4.69, 9.17) is 4.52 Å². The number of hydrogen-bond donors (Lipinski definition) is 0.